The topological polar surface area (TPSA) is 46.4 Å². The van der Waals surface area contributed by atoms with Gasteiger partial charge in [-0.2, -0.15) is 5.10 Å². The molecule has 6 heteroatoms. The molecule has 0 saturated carbocycles. The van der Waals surface area contributed by atoms with Gasteiger partial charge in [-0.1, -0.05) is 48.0 Å². The molecule has 2 aromatic heterocycles. The molecule has 0 aliphatic heterocycles. The zero-order valence-corrected chi connectivity index (χ0v) is 16.3. The quantitative estimate of drug-likeness (QED) is 0.355. The van der Waals surface area contributed by atoms with Crippen molar-refractivity contribution in [3.63, 3.8) is 0 Å². The summed E-state index contributed by atoms with van der Waals surface area (Å²) in [7, 11) is 0. The Morgan fingerprint density at radius 1 is 1.04 bits per heavy atom. The van der Waals surface area contributed by atoms with Crippen molar-refractivity contribution in [3.8, 4) is 0 Å². The van der Waals surface area contributed by atoms with Crippen LogP contribution in [0.25, 0.3) is 21.8 Å². The molecule has 2 heterocycles. The number of aromatic nitrogens is 1. The highest BCUT2D eigenvalue weighted by atomic mass is 35.5. The van der Waals surface area contributed by atoms with Crippen LogP contribution in [0.5, 0.6) is 0 Å². The van der Waals surface area contributed by atoms with Gasteiger partial charge in [-0.05, 0) is 31.2 Å². The second-order valence-corrected chi connectivity index (χ2v) is 7.99. The van der Waals surface area contributed by atoms with Gasteiger partial charge in [-0.15, -0.1) is 11.3 Å². The fourth-order valence-corrected chi connectivity index (χ4v) is 4.21. The Bertz CT molecular complexity index is 1110. The highest BCUT2D eigenvalue weighted by Crippen LogP contribution is 2.28. The lowest BCUT2D eigenvalue weighted by molar-refractivity contribution is -0.121. The molecular formula is C21H18ClN3OS. The minimum atomic E-state index is -0.112. The van der Waals surface area contributed by atoms with E-state index in [4.69, 9.17) is 11.6 Å². The molecule has 0 radical (unpaired) electrons. The molecule has 0 spiro atoms. The van der Waals surface area contributed by atoms with Crippen LogP contribution in [0.3, 0.4) is 0 Å². The first kappa shape index (κ1) is 17.8. The standard InChI is InChI=1S/C21H18ClN3OS/c1-14(19-10-11-20(22)27-19)23-24-21(26)12-13-25-17-8-4-2-6-15(17)16-7-3-5-9-18(16)25/h2-11H,12-13H2,1H3,(H,24,26). The van der Waals surface area contributed by atoms with Crippen LogP contribution in [0.15, 0.2) is 65.8 Å². The molecule has 0 fully saturated rings. The molecule has 0 bridgehead atoms. The minimum absolute atomic E-state index is 0.112. The Balaban J connectivity index is 1.50. The van der Waals surface area contributed by atoms with Gasteiger partial charge >= 0.3 is 0 Å². The van der Waals surface area contributed by atoms with Crippen LogP contribution in [0.1, 0.15) is 18.2 Å². The number of rotatable bonds is 5. The van der Waals surface area contributed by atoms with Crippen molar-refractivity contribution in [3.05, 3.63) is 69.9 Å². The van der Waals surface area contributed by atoms with Crippen LogP contribution in [0.4, 0.5) is 0 Å². The maximum atomic E-state index is 12.3. The largest absolute Gasteiger partial charge is 0.340 e. The van der Waals surface area contributed by atoms with Gasteiger partial charge in [0.25, 0.3) is 0 Å². The molecule has 0 atom stereocenters. The van der Waals surface area contributed by atoms with E-state index >= 15 is 0 Å². The third-order valence-electron chi connectivity index (χ3n) is 4.52. The smallest absolute Gasteiger partial charge is 0.241 e. The van der Waals surface area contributed by atoms with Gasteiger partial charge in [-0.25, -0.2) is 5.43 Å². The summed E-state index contributed by atoms with van der Waals surface area (Å²) in [5.41, 5.74) is 5.67. The molecule has 0 unspecified atom stereocenters. The lowest BCUT2D eigenvalue weighted by atomic mass is 10.2. The number of para-hydroxylation sites is 2. The second kappa shape index (κ2) is 7.55. The van der Waals surface area contributed by atoms with E-state index in [1.807, 2.05) is 43.3 Å². The number of thiophene rings is 1. The number of carbonyl (C=O) groups excluding carboxylic acids is 1. The highest BCUT2D eigenvalue weighted by Gasteiger charge is 2.11. The normalized spacial score (nSPS) is 12.0. The lowest BCUT2D eigenvalue weighted by Crippen LogP contribution is -2.20. The average molecular weight is 396 g/mol. The fourth-order valence-electron chi connectivity index (χ4n) is 3.22. The third-order valence-corrected chi connectivity index (χ3v) is 5.86. The summed E-state index contributed by atoms with van der Waals surface area (Å²) in [6.07, 6.45) is 0.352. The van der Waals surface area contributed by atoms with E-state index in [0.29, 0.717) is 17.3 Å². The monoisotopic (exact) mass is 395 g/mol. The molecule has 4 aromatic rings. The summed E-state index contributed by atoms with van der Waals surface area (Å²) >= 11 is 7.38. The fraction of sp³-hybridized carbons (Fsp3) is 0.143. The molecule has 2 aromatic carbocycles. The number of benzene rings is 2. The zero-order valence-electron chi connectivity index (χ0n) is 14.8. The summed E-state index contributed by atoms with van der Waals surface area (Å²) in [6.45, 7) is 2.45. The van der Waals surface area contributed by atoms with Crippen molar-refractivity contribution >= 4 is 56.4 Å². The lowest BCUT2D eigenvalue weighted by Gasteiger charge is -2.07. The average Bonchev–Trinajstić information content (AvgIpc) is 3.26. The van der Waals surface area contributed by atoms with E-state index in [2.05, 4.69) is 39.4 Å². The number of halogens is 1. The first-order valence-corrected chi connectivity index (χ1v) is 9.88. The third kappa shape index (κ3) is 3.61. The number of amides is 1. The Kier molecular flexibility index (Phi) is 4.97. The Morgan fingerprint density at radius 2 is 1.67 bits per heavy atom. The Morgan fingerprint density at radius 3 is 2.26 bits per heavy atom. The molecular weight excluding hydrogens is 378 g/mol. The Hall–Kier alpha value is -2.63. The number of hydrogen-bond donors (Lipinski definition) is 1. The first-order valence-electron chi connectivity index (χ1n) is 8.68. The van der Waals surface area contributed by atoms with Crippen LogP contribution in [-0.4, -0.2) is 16.2 Å². The van der Waals surface area contributed by atoms with Gasteiger partial charge in [-0.3, -0.25) is 4.79 Å². The molecule has 27 heavy (non-hydrogen) atoms. The Labute approximate surface area is 166 Å². The predicted octanol–water partition coefficient (Wildman–Crippen LogP) is 5.44. The molecule has 4 rings (SSSR count). The van der Waals surface area contributed by atoms with E-state index in [1.54, 1.807) is 0 Å². The number of aryl methyl sites for hydroxylation is 1. The van der Waals surface area contributed by atoms with Crippen molar-refractivity contribution in [2.24, 2.45) is 5.10 Å². The molecule has 0 aliphatic rings. The molecule has 4 nitrogen and oxygen atoms in total. The maximum absolute atomic E-state index is 12.3. The number of hydrogen-bond acceptors (Lipinski definition) is 3. The van der Waals surface area contributed by atoms with Crippen molar-refractivity contribution < 1.29 is 4.79 Å². The number of nitrogens with one attached hydrogen (secondary N) is 1. The summed E-state index contributed by atoms with van der Waals surface area (Å²) < 4.78 is 2.90. The van der Waals surface area contributed by atoms with Crippen LogP contribution >= 0.6 is 22.9 Å². The molecule has 0 saturated heterocycles. The van der Waals surface area contributed by atoms with E-state index < -0.39 is 0 Å². The highest BCUT2D eigenvalue weighted by molar-refractivity contribution is 7.18. The molecule has 1 N–H and O–H groups in total. The van der Waals surface area contributed by atoms with E-state index in [-0.39, 0.29) is 5.91 Å². The van der Waals surface area contributed by atoms with Crippen LogP contribution in [0.2, 0.25) is 4.34 Å². The van der Waals surface area contributed by atoms with Gasteiger partial charge in [0, 0.05) is 34.8 Å². The van der Waals surface area contributed by atoms with Crippen LogP contribution in [-0.2, 0) is 11.3 Å². The van der Waals surface area contributed by atoms with Crippen LogP contribution < -0.4 is 5.43 Å². The van der Waals surface area contributed by atoms with Gasteiger partial charge in [0.2, 0.25) is 5.91 Å². The SMILES string of the molecule is CC(=NNC(=O)CCn1c2ccccc2c2ccccc21)c1ccc(Cl)s1. The van der Waals surface area contributed by atoms with Crippen molar-refractivity contribution in [2.45, 2.75) is 19.9 Å². The van der Waals surface area contributed by atoms with Crippen molar-refractivity contribution in [1.29, 1.82) is 0 Å². The zero-order chi connectivity index (χ0) is 18.8. The van der Waals surface area contributed by atoms with Gasteiger partial charge in [0.05, 0.1) is 14.9 Å². The number of nitrogens with zero attached hydrogens (tertiary/aromatic N) is 2. The van der Waals surface area contributed by atoms with Crippen LogP contribution in [0, 0.1) is 0 Å². The summed E-state index contributed by atoms with van der Waals surface area (Å²) in [5.74, 6) is -0.112. The van der Waals surface area contributed by atoms with Gasteiger partial charge in [0.15, 0.2) is 0 Å². The number of carbonyl (C=O) groups is 1. The number of fused-ring (bicyclic) bond motifs is 3. The van der Waals surface area contributed by atoms with Gasteiger partial charge < -0.3 is 4.57 Å². The summed E-state index contributed by atoms with van der Waals surface area (Å²) in [6, 6.07) is 20.3. The molecule has 0 aliphatic carbocycles. The maximum Gasteiger partial charge on any atom is 0.241 e. The van der Waals surface area contributed by atoms with Crippen molar-refractivity contribution in [2.75, 3.05) is 0 Å². The summed E-state index contributed by atoms with van der Waals surface area (Å²) in [4.78, 5) is 13.2. The minimum Gasteiger partial charge on any atom is -0.340 e. The predicted molar refractivity (Wildman–Crippen MR) is 114 cm³/mol. The number of hydrazone groups is 1. The first-order chi connectivity index (χ1) is 13.1. The second-order valence-electron chi connectivity index (χ2n) is 6.27. The van der Waals surface area contributed by atoms with E-state index in [9.17, 15) is 4.79 Å². The van der Waals surface area contributed by atoms with E-state index in [1.165, 1.54) is 22.1 Å². The summed E-state index contributed by atoms with van der Waals surface area (Å²) in [5, 5.41) is 6.60. The molecule has 1 amide bonds. The molecule has 136 valence electrons. The van der Waals surface area contributed by atoms with Gasteiger partial charge in [0.1, 0.15) is 0 Å². The van der Waals surface area contributed by atoms with E-state index in [0.717, 1.165) is 21.6 Å². The van der Waals surface area contributed by atoms with Crippen molar-refractivity contribution in [1.82, 2.24) is 9.99 Å².